The summed E-state index contributed by atoms with van der Waals surface area (Å²) in [5.41, 5.74) is 1.27. The number of hydrogen-bond donors (Lipinski definition) is 3. The van der Waals surface area contributed by atoms with Gasteiger partial charge in [0.05, 0.1) is 17.1 Å². The Labute approximate surface area is 175 Å². The number of Topliss-reactive ketones (excluding diaryl/α,β-unsaturated/α-hetero) is 1. The van der Waals surface area contributed by atoms with Gasteiger partial charge in [0, 0.05) is 31.2 Å². The molecule has 2 heterocycles. The highest BCUT2D eigenvalue weighted by Crippen LogP contribution is 2.41. The van der Waals surface area contributed by atoms with Crippen molar-refractivity contribution >= 4 is 28.0 Å². The van der Waals surface area contributed by atoms with Gasteiger partial charge in [0.2, 0.25) is 10.0 Å². The summed E-state index contributed by atoms with van der Waals surface area (Å²) >= 11 is 0. The average molecular weight is 429 g/mol. The molecule has 1 aliphatic carbocycles. The number of piperidine rings is 1. The molecule has 1 atom stereocenters. The highest BCUT2D eigenvalue weighted by atomic mass is 32.2. The van der Waals surface area contributed by atoms with Crippen LogP contribution >= 0.6 is 0 Å². The Bertz CT molecular complexity index is 1070. The van der Waals surface area contributed by atoms with Gasteiger partial charge in [-0.1, -0.05) is 37.3 Å². The van der Waals surface area contributed by atoms with E-state index in [1.807, 2.05) is 6.07 Å². The zero-order chi connectivity index (χ0) is 21.8. The van der Waals surface area contributed by atoms with Gasteiger partial charge in [-0.05, 0) is 23.8 Å². The summed E-state index contributed by atoms with van der Waals surface area (Å²) in [6, 6.07) is 8.97. The Morgan fingerprint density at radius 2 is 1.93 bits per heavy atom. The van der Waals surface area contributed by atoms with Gasteiger partial charge in [-0.25, -0.2) is 8.42 Å². The Hall–Kier alpha value is -3.20. The van der Waals surface area contributed by atoms with Crippen LogP contribution in [-0.2, 0) is 25.4 Å². The van der Waals surface area contributed by atoms with E-state index in [-0.39, 0.29) is 18.0 Å². The normalized spacial score (nSPS) is 21.6. The SMILES string of the molecule is CCC(=O)O.O=C1CCNC2=CC=C(NS(=O)(=O)Cc3ccccc3)C3=CC=NC123. The topological polar surface area (TPSA) is 125 Å². The van der Waals surface area contributed by atoms with Gasteiger partial charge in [-0.15, -0.1) is 0 Å². The summed E-state index contributed by atoms with van der Waals surface area (Å²) in [6.45, 7) is 2.17. The maximum absolute atomic E-state index is 12.6. The van der Waals surface area contributed by atoms with Gasteiger partial charge in [-0.2, -0.15) is 0 Å². The van der Waals surface area contributed by atoms with Gasteiger partial charge >= 0.3 is 5.97 Å². The van der Waals surface area contributed by atoms with E-state index in [4.69, 9.17) is 5.11 Å². The summed E-state index contributed by atoms with van der Waals surface area (Å²) in [6.07, 6.45) is 7.27. The minimum Gasteiger partial charge on any atom is -0.481 e. The molecule has 30 heavy (non-hydrogen) atoms. The first-order valence-electron chi connectivity index (χ1n) is 9.50. The number of carbonyl (C=O) groups excluding carboxylic acids is 1. The van der Waals surface area contributed by atoms with Crippen LogP contribution in [0.4, 0.5) is 0 Å². The van der Waals surface area contributed by atoms with Crippen molar-refractivity contribution < 1.29 is 23.1 Å². The van der Waals surface area contributed by atoms with Crippen molar-refractivity contribution in [2.45, 2.75) is 31.1 Å². The number of carboxylic acid groups (broad SMARTS) is 1. The molecule has 8 nitrogen and oxygen atoms in total. The second-order valence-electron chi connectivity index (χ2n) is 6.92. The van der Waals surface area contributed by atoms with E-state index in [0.717, 1.165) is 0 Å². The lowest BCUT2D eigenvalue weighted by Gasteiger charge is -2.38. The standard InChI is InChI=1S/C18H17N3O3S.C3H6O2/c22-17-9-10-19-16-7-6-15(14-8-11-20-18(14,16)17)21-25(23,24)12-13-4-2-1-3-5-13;1-2-3(4)5/h1-8,11,19,21H,9-10,12H2;2H2,1H3,(H,4,5). The molecule has 1 aromatic rings. The Morgan fingerprint density at radius 3 is 2.60 bits per heavy atom. The molecule has 2 aliphatic heterocycles. The molecule has 0 aromatic heterocycles. The molecule has 1 spiro atoms. The number of carbonyl (C=O) groups is 2. The lowest BCUT2D eigenvalue weighted by molar-refractivity contribution is -0.136. The summed E-state index contributed by atoms with van der Waals surface area (Å²) in [4.78, 5) is 26.3. The molecular weight excluding hydrogens is 406 g/mol. The van der Waals surface area contributed by atoms with Crippen molar-refractivity contribution in [3.8, 4) is 0 Å². The number of allylic oxidation sites excluding steroid dienone is 3. The first-order chi connectivity index (χ1) is 14.3. The van der Waals surface area contributed by atoms with Crippen LogP contribution in [-0.4, -0.2) is 43.6 Å². The van der Waals surface area contributed by atoms with E-state index < -0.39 is 21.5 Å². The van der Waals surface area contributed by atoms with Crippen LogP contribution in [0.15, 0.2) is 70.5 Å². The summed E-state index contributed by atoms with van der Waals surface area (Å²) in [7, 11) is -3.61. The molecule has 1 fully saturated rings. The fourth-order valence-electron chi connectivity index (χ4n) is 3.43. The van der Waals surface area contributed by atoms with Crippen LogP contribution in [0.2, 0.25) is 0 Å². The van der Waals surface area contributed by atoms with E-state index in [1.165, 1.54) is 0 Å². The van der Waals surface area contributed by atoms with Gasteiger partial charge in [0.25, 0.3) is 0 Å². The first-order valence-corrected chi connectivity index (χ1v) is 11.2. The fraction of sp³-hybridized carbons (Fsp3) is 0.286. The summed E-state index contributed by atoms with van der Waals surface area (Å²) in [5.74, 6) is -0.898. The zero-order valence-electron chi connectivity index (χ0n) is 16.5. The van der Waals surface area contributed by atoms with Gasteiger partial charge < -0.3 is 10.4 Å². The number of aliphatic imine (C=N–C) groups is 1. The number of nitrogens with zero attached hydrogens (tertiary/aromatic N) is 1. The summed E-state index contributed by atoms with van der Waals surface area (Å²) in [5, 5.41) is 10.9. The molecule has 1 saturated heterocycles. The van der Waals surface area contributed by atoms with Gasteiger partial charge in [-0.3, -0.25) is 19.3 Å². The third kappa shape index (κ3) is 4.35. The Kier molecular flexibility index (Phi) is 6.21. The molecule has 1 aromatic carbocycles. The lowest BCUT2D eigenvalue weighted by Crippen LogP contribution is -2.52. The van der Waals surface area contributed by atoms with Crippen molar-refractivity contribution in [3.05, 3.63) is 71.1 Å². The van der Waals surface area contributed by atoms with Crippen LogP contribution < -0.4 is 10.0 Å². The predicted molar refractivity (Wildman–Crippen MR) is 113 cm³/mol. The molecule has 0 bridgehead atoms. The van der Waals surface area contributed by atoms with Crippen LogP contribution in [0.25, 0.3) is 0 Å². The quantitative estimate of drug-likeness (QED) is 0.654. The van der Waals surface area contributed by atoms with Crippen molar-refractivity contribution in [2.24, 2.45) is 4.99 Å². The van der Waals surface area contributed by atoms with Crippen molar-refractivity contribution in [1.29, 1.82) is 0 Å². The van der Waals surface area contributed by atoms with E-state index in [2.05, 4.69) is 15.0 Å². The number of rotatable bonds is 5. The van der Waals surface area contributed by atoms with Crippen molar-refractivity contribution in [1.82, 2.24) is 10.0 Å². The van der Waals surface area contributed by atoms with Crippen LogP contribution in [0.5, 0.6) is 0 Å². The van der Waals surface area contributed by atoms with Gasteiger partial charge in [0.1, 0.15) is 0 Å². The lowest BCUT2D eigenvalue weighted by atomic mass is 9.76. The molecule has 158 valence electrons. The van der Waals surface area contributed by atoms with E-state index in [9.17, 15) is 18.0 Å². The number of benzene rings is 1. The second kappa shape index (κ2) is 8.66. The molecule has 3 aliphatic rings. The van der Waals surface area contributed by atoms with E-state index in [1.54, 1.807) is 55.6 Å². The minimum atomic E-state index is -3.61. The summed E-state index contributed by atoms with van der Waals surface area (Å²) < 4.78 is 27.7. The maximum atomic E-state index is 12.6. The fourth-order valence-corrected chi connectivity index (χ4v) is 4.64. The molecule has 3 N–H and O–H groups in total. The molecule has 0 saturated carbocycles. The first kappa shape index (κ1) is 21.5. The smallest absolute Gasteiger partial charge is 0.303 e. The molecular formula is C21H23N3O5S. The van der Waals surface area contributed by atoms with Gasteiger partial charge in [0.15, 0.2) is 11.3 Å². The number of nitrogens with one attached hydrogen (secondary N) is 2. The number of carboxylic acids is 1. The number of sulfonamides is 1. The van der Waals surface area contributed by atoms with E-state index in [0.29, 0.717) is 35.5 Å². The number of ketones is 1. The zero-order valence-corrected chi connectivity index (χ0v) is 17.3. The number of hydrogen-bond acceptors (Lipinski definition) is 6. The van der Waals surface area contributed by atoms with Crippen molar-refractivity contribution in [2.75, 3.05) is 6.54 Å². The molecule has 0 amide bonds. The molecule has 0 radical (unpaired) electrons. The molecule has 1 unspecified atom stereocenters. The Balaban J connectivity index is 0.000000461. The number of aliphatic carboxylic acids is 1. The molecule has 4 rings (SSSR count). The van der Waals surface area contributed by atoms with Crippen LogP contribution in [0.1, 0.15) is 25.3 Å². The highest BCUT2D eigenvalue weighted by molar-refractivity contribution is 7.88. The predicted octanol–water partition coefficient (Wildman–Crippen LogP) is 1.68. The van der Waals surface area contributed by atoms with Crippen molar-refractivity contribution in [3.63, 3.8) is 0 Å². The van der Waals surface area contributed by atoms with Crippen LogP contribution in [0.3, 0.4) is 0 Å². The third-order valence-electron chi connectivity index (χ3n) is 4.83. The Morgan fingerprint density at radius 1 is 1.23 bits per heavy atom. The average Bonchev–Trinajstić information content (AvgIpc) is 3.16. The second-order valence-corrected chi connectivity index (χ2v) is 8.65. The largest absolute Gasteiger partial charge is 0.481 e. The molecule has 9 heteroatoms. The highest BCUT2D eigenvalue weighted by Gasteiger charge is 2.51. The minimum absolute atomic E-state index is 0.0228. The van der Waals surface area contributed by atoms with E-state index >= 15 is 0 Å². The third-order valence-corrected chi connectivity index (χ3v) is 6.08. The maximum Gasteiger partial charge on any atom is 0.303 e. The monoisotopic (exact) mass is 429 g/mol. The van der Waals surface area contributed by atoms with Crippen LogP contribution in [0, 0.1) is 0 Å².